The zero-order chi connectivity index (χ0) is 18.5. The van der Waals surface area contributed by atoms with Gasteiger partial charge in [-0.2, -0.15) is 0 Å². The van der Waals surface area contributed by atoms with Crippen LogP contribution in [0, 0.1) is 0 Å². The van der Waals surface area contributed by atoms with Crippen LogP contribution < -0.4 is 14.8 Å². The van der Waals surface area contributed by atoms with Crippen LogP contribution in [0.1, 0.15) is 0 Å². The second kappa shape index (κ2) is 8.45. The number of aliphatic imine (C=N–C) groups is 1. The molecule has 0 bridgehead atoms. The first-order chi connectivity index (χ1) is 12.6. The van der Waals surface area contributed by atoms with Crippen molar-refractivity contribution in [1.29, 1.82) is 0 Å². The summed E-state index contributed by atoms with van der Waals surface area (Å²) in [7, 11) is 5.05. The second-order valence-electron chi connectivity index (χ2n) is 5.31. The van der Waals surface area contributed by atoms with Crippen LogP contribution in [0.3, 0.4) is 0 Å². The predicted octanol–water partition coefficient (Wildman–Crippen LogP) is 1.81. The van der Waals surface area contributed by atoms with Gasteiger partial charge in [-0.25, -0.2) is 0 Å². The van der Waals surface area contributed by atoms with Crippen LogP contribution in [0.15, 0.2) is 28.3 Å². The fraction of sp³-hybridized carbons (Fsp3) is 0.375. The van der Waals surface area contributed by atoms with E-state index in [4.69, 9.17) is 9.47 Å². The van der Waals surface area contributed by atoms with Crippen molar-refractivity contribution in [3.05, 3.63) is 18.2 Å². The van der Waals surface area contributed by atoms with Crippen LogP contribution in [0.2, 0.25) is 0 Å². The number of nitrogens with one attached hydrogen (secondary N) is 1. The first-order valence-electron chi connectivity index (χ1n) is 7.84. The smallest absolute Gasteiger partial charge is 0.236 e. The van der Waals surface area contributed by atoms with E-state index in [0.29, 0.717) is 27.6 Å². The SMILES string of the molecule is COc1ccc(-c2nnc(SCC(=O)NC3=NCCS3)n2C)cc1OC. The average Bonchev–Trinajstić information content (AvgIpc) is 3.29. The van der Waals surface area contributed by atoms with Crippen molar-refractivity contribution in [2.45, 2.75) is 5.16 Å². The van der Waals surface area contributed by atoms with Gasteiger partial charge < -0.3 is 19.4 Å². The molecular formula is C16H19N5O3S2. The maximum absolute atomic E-state index is 12.0. The normalized spacial score (nSPS) is 13.4. The molecule has 2 heterocycles. The fourth-order valence-corrected chi connectivity index (χ4v) is 3.82. The summed E-state index contributed by atoms with van der Waals surface area (Å²) >= 11 is 2.89. The van der Waals surface area contributed by atoms with Gasteiger partial charge in [-0.3, -0.25) is 9.79 Å². The molecule has 26 heavy (non-hydrogen) atoms. The largest absolute Gasteiger partial charge is 0.493 e. The quantitative estimate of drug-likeness (QED) is 0.749. The zero-order valence-electron chi connectivity index (χ0n) is 14.7. The highest BCUT2D eigenvalue weighted by molar-refractivity contribution is 8.14. The highest BCUT2D eigenvalue weighted by Gasteiger charge is 2.16. The van der Waals surface area contributed by atoms with Crippen LogP contribution in [-0.4, -0.2) is 58.1 Å². The Hall–Kier alpha value is -2.20. The second-order valence-corrected chi connectivity index (χ2v) is 7.33. The first-order valence-corrected chi connectivity index (χ1v) is 9.81. The monoisotopic (exact) mass is 393 g/mol. The lowest BCUT2D eigenvalue weighted by Crippen LogP contribution is -2.29. The van der Waals surface area contributed by atoms with E-state index in [1.807, 2.05) is 29.8 Å². The molecule has 0 unspecified atom stereocenters. The minimum Gasteiger partial charge on any atom is -0.493 e. The Labute approximate surface area is 159 Å². The van der Waals surface area contributed by atoms with Gasteiger partial charge in [0.25, 0.3) is 0 Å². The number of amidine groups is 1. The van der Waals surface area contributed by atoms with Gasteiger partial charge in [0.2, 0.25) is 5.91 Å². The molecule has 0 aliphatic carbocycles. The van der Waals surface area contributed by atoms with E-state index in [0.717, 1.165) is 17.9 Å². The molecule has 2 aromatic rings. The highest BCUT2D eigenvalue weighted by Crippen LogP contribution is 2.32. The van der Waals surface area contributed by atoms with Crippen molar-refractivity contribution in [2.24, 2.45) is 12.0 Å². The number of rotatable bonds is 6. The highest BCUT2D eigenvalue weighted by atomic mass is 32.2. The molecule has 0 saturated carbocycles. The van der Waals surface area contributed by atoms with Crippen LogP contribution in [-0.2, 0) is 11.8 Å². The standard InChI is InChI=1S/C16H19N5O3S2/c1-21-14(10-4-5-11(23-2)12(8-10)24-3)19-20-16(21)26-9-13(22)18-15-17-6-7-25-15/h4-5,8H,6-7,9H2,1-3H3,(H,17,18,22). The van der Waals surface area contributed by atoms with E-state index in [1.165, 1.54) is 11.8 Å². The number of thioether (sulfide) groups is 2. The van der Waals surface area contributed by atoms with E-state index in [-0.39, 0.29) is 11.7 Å². The van der Waals surface area contributed by atoms with E-state index in [1.54, 1.807) is 26.0 Å². The Morgan fingerprint density at radius 3 is 2.81 bits per heavy atom. The molecule has 10 heteroatoms. The van der Waals surface area contributed by atoms with Crippen molar-refractivity contribution >= 4 is 34.6 Å². The third kappa shape index (κ3) is 4.13. The van der Waals surface area contributed by atoms with Gasteiger partial charge >= 0.3 is 0 Å². The number of hydrogen-bond donors (Lipinski definition) is 1. The number of amides is 1. The lowest BCUT2D eigenvalue weighted by Gasteiger charge is -2.09. The molecule has 1 aromatic heterocycles. The fourth-order valence-electron chi connectivity index (χ4n) is 2.36. The predicted molar refractivity (Wildman–Crippen MR) is 103 cm³/mol. The third-order valence-corrected chi connectivity index (χ3v) is 5.55. The van der Waals surface area contributed by atoms with Gasteiger partial charge in [-0.1, -0.05) is 23.5 Å². The van der Waals surface area contributed by atoms with Gasteiger partial charge in [-0.15, -0.1) is 10.2 Å². The number of ether oxygens (including phenoxy) is 2. The van der Waals surface area contributed by atoms with Crippen LogP contribution in [0.5, 0.6) is 11.5 Å². The topological polar surface area (TPSA) is 90.6 Å². The molecular weight excluding hydrogens is 374 g/mol. The number of hydrogen-bond acceptors (Lipinski definition) is 8. The maximum Gasteiger partial charge on any atom is 0.236 e. The molecule has 0 saturated heterocycles. The van der Waals surface area contributed by atoms with E-state index in [2.05, 4.69) is 20.5 Å². The molecule has 1 aromatic carbocycles. The minimum absolute atomic E-state index is 0.0983. The molecule has 0 radical (unpaired) electrons. The number of methoxy groups -OCH3 is 2. The van der Waals surface area contributed by atoms with E-state index >= 15 is 0 Å². The number of aromatic nitrogens is 3. The van der Waals surface area contributed by atoms with Gasteiger partial charge in [0.15, 0.2) is 27.6 Å². The average molecular weight is 393 g/mol. The lowest BCUT2D eigenvalue weighted by molar-refractivity contribution is -0.117. The third-order valence-electron chi connectivity index (χ3n) is 3.64. The van der Waals surface area contributed by atoms with Crippen molar-refractivity contribution < 1.29 is 14.3 Å². The molecule has 8 nitrogen and oxygen atoms in total. The summed E-state index contributed by atoms with van der Waals surface area (Å²) < 4.78 is 12.4. The number of nitrogens with zero attached hydrogens (tertiary/aromatic N) is 4. The summed E-state index contributed by atoms with van der Waals surface area (Å²) in [4.78, 5) is 16.2. The van der Waals surface area contributed by atoms with Crippen LogP contribution in [0.25, 0.3) is 11.4 Å². The van der Waals surface area contributed by atoms with Crippen LogP contribution in [0.4, 0.5) is 0 Å². The van der Waals surface area contributed by atoms with Gasteiger partial charge in [-0.05, 0) is 18.2 Å². The summed E-state index contributed by atoms with van der Waals surface area (Å²) in [5.74, 6) is 3.02. The van der Waals surface area contributed by atoms with Gasteiger partial charge in [0, 0.05) is 18.4 Å². The Kier molecular flexibility index (Phi) is 6.04. The number of carbonyl (C=O) groups excluding carboxylic acids is 1. The maximum atomic E-state index is 12.0. The van der Waals surface area contributed by atoms with Crippen molar-refractivity contribution in [1.82, 2.24) is 20.1 Å². The van der Waals surface area contributed by atoms with Crippen molar-refractivity contribution in [3.63, 3.8) is 0 Å². The van der Waals surface area contributed by atoms with Crippen molar-refractivity contribution in [2.75, 3.05) is 32.3 Å². The molecule has 1 N–H and O–H groups in total. The van der Waals surface area contributed by atoms with Gasteiger partial charge in [0.1, 0.15) is 0 Å². The number of carbonyl (C=O) groups is 1. The zero-order valence-corrected chi connectivity index (χ0v) is 16.3. The Balaban J connectivity index is 1.68. The minimum atomic E-state index is -0.0983. The molecule has 1 aliphatic rings. The van der Waals surface area contributed by atoms with Crippen LogP contribution >= 0.6 is 23.5 Å². The van der Waals surface area contributed by atoms with Crippen molar-refractivity contribution in [3.8, 4) is 22.9 Å². The molecule has 0 fully saturated rings. The summed E-state index contributed by atoms with van der Waals surface area (Å²) in [6.07, 6.45) is 0. The molecule has 0 spiro atoms. The Morgan fingerprint density at radius 1 is 1.31 bits per heavy atom. The van der Waals surface area contributed by atoms with E-state index < -0.39 is 0 Å². The lowest BCUT2D eigenvalue weighted by atomic mass is 10.2. The summed E-state index contributed by atoms with van der Waals surface area (Å²) in [5, 5.41) is 12.6. The first kappa shape index (κ1) is 18.6. The molecule has 1 amide bonds. The summed E-state index contributed by atoms with van der Waals surface area (Å²) in [6, 6.07) is 5.56. The molecule has 0 atom stereocenters. The Bertz CT molecular complexity index is 837. The number of benzene rings is 1. The van der Waals surface area contributed by atoms with E-state index in [9.17, 15) is 4.79 Å². The van der Waals surface area contributed by atoms with Gasteiger partial charge in [0.05, 0.1) is 26.5 Å². The summed E-state index contributed by atoms with van der Waals surface area (Å²) in [6.45, 7) is 0.755. The molecule has 138 valence electrons. The molecule has 3 rings (SSSR count). The Morgan fingerprint density at radius 2 is 2.12 bits per heavy atom. The molecule has 1 aliphatic heterocycles. The summed E-state index contributed by atoms with van der Waals surface area (Å²) in [5.41, 5.74) is 0.852.